The Kier molecular flexibility index (Phi) is 60.2. The minimum Gasteiger partial charge on any atom is -0.346 e. The first-order valence-corrected chi connectivity index (χ1v) is 49.9. The summed E-state index contributed by atoms with van der Waals surface area (Å²) in [7, 11) is 3.96. The van der Waals surface area contributed by atoms with Gasteiger partial charge >= 0.3 is 0 Å². The highest BCUT2D eigenvalue weighted by molar-refractivity contribution is 5.23. The summed E-state index contributed by atoms with van der Waals surface area (Å²) < 4.78 is 18.2. The monoisotopic (exact) mass is 1920 g/mol. The molecule has 1 fully saturated rings. The van der Waals surface area contributed by atoms with Gasteiger partial charge in [0.15, 0.2) is 0 Å². The van der Waals surface area contributed by atoms with Gasteiger partial charge in [-0.1, -0.05) is 244 Å². The summed E-state index contributed by atoms with van der Waals surface area (Å²) in [5.74, 6) is 9.51. The zero-order valence-corrected chi connectivity index (χ0v) is 92.8. The predicted octanol–water partition coefficient (Wildman–Crippen LogP) is 29.4. The van der Waals surface area contributed by atoms with E-state index in [9.17, 15) is 14.0 Å². The van der Waals surface area contributed by atoms with Crippen molar-refractivity contribution in [2.45, 2.75) is 370 Å². The van der Waals surface area contributed by atoms with E-state index in [2.05, 4.69) is 377 Å². The maximum absolute atomic E-state index is 12.3. The molecule has 0 saturated heterocycles. The Morgan fingerprint density at radius 2 is 0.943 bits per heavy atom. The van der Waals surface area contributed by atoms with Gasteiger partial charge in [-0.3, -0.25) is 59.2 Å². The molecule has 1 saturated carbocycles. The molecule has 0 atom stereocenters. The minimum absolute atomic E-state index is 0.0376. The number of aryl methyl sites for hydroxylation is 8. The summed E-state index contributed by atoms with van der Waals surface area (Å²) in [5, 5.41) is 30.2. The van der Waals surface area contributed by atoms with E-state index in [1.54, 1.807) is 36.8 Å². The fraction of sp³-hybridized carbons (Fsp3) is 0.500. The first-order chi connectivity index (χ1) is 65.7. The molecule has 0 radical (unpaired) electrons. The number of terminal acetylenes is 1. The topological polar surface area (TPSA) is 298 Å². The first kappa shape index (κ1) is 126. The highest BCUT2D eigenvalue weighted by Crippen LogP contribution is 2.39. The van der Waals surface area contributed by atoms with E-state index in [0.717, 1.165) is 63.8 Å². The van der Waals surface area contributed by atoms with Crippen LogP contribution >= 0.6 is 0 Å². The lowest BCUT2D eigenvalue weighted by atomic mass is 9.92. The molecule has 6 N–H and O–H groups in total. The average molecular weight is 1920 g/mol. The number of hydrogen-bond acceptors (Lipinski definition) is 14. The Balaban J connectivity index is 0.000000753. The van der Waals surface area contributed by atoms with Crippen molar-refractivity contribution in [3.05, 3.63) is 341 Å². The lowest BCUT2D eigenvalue weighted by Gasteiger charge is -2.13. The van der Waals surface area contributed by atoms with Crippen molar-refractivity contribution in [1.29, 1.82) is 0 Å². The van der Waals surface area contributed by atoms with E-state index in [4.69, 9.17) is 0 Å². The summed E-state index contributed by atoms with van der Waals surface area (Å²) in [6, 6.07) is 39.3. The average Bonchev–Trinajstić information content (AvgIpc) is 1.69. The van der Waals surface area contributed by atoms with Gasteiger partial charge in [0.25, 0.3) is 0 Å². The number of aromatic nitrogens is 21. The zero-order chi connectivity index (χ0) is 106. The number of halogens is 1. The number of nitrogens with one attached hydrogen (secondary N) is 6. The molecule has 0 spiro atoms. The molecule has 1 aliphatic rings. The SMILES string of the molecule is C#C.CC(C)c1cc(C2CC2)[nH]n1.CC(C)c1ccc(=O)[nH]c1.CC(C)c1ccc(=O)[nH]c1.CC(C)c1ccc(F)cn1.CC(C)c1ccccn1.CC(C)c1cccnc1.CC(C)c1ccn(C(C)C)n1.CC(C)c1ccn(C)n1.CCc1cc(C(C)(C)C)n[nH]1.Cc1cc(C(C)C)n[nH]1.Cc1ccc(C(C)C)cn1.Cc1cccnc1C(C)C.Cc1nc(C(C)C)cn1C.Cc1ncc(C(C)C)[nH]1. The number of hydrogen-bond donors (Lipinski definition) is 6. The molecular formula is C116H178FN21O2. The lowest BCUT2D eigenvalue weighted by molar-refractivity contribution is 0.523. The summed E-state index contributed by atoms with van der Waals surface area (Å²) >= 11 is 0. The Hall–Kier alpha value is -12.4. The highest BCUT2D eigenvalue weighted by atomic mass is 19.1. The van der Waals surface area contributed by atoms with Gasteiger partial charge in [0, 0.05) is 157 Å². The van der Waals surface area contributed by atoms with Gasteiger partial charge in [-0.2, -0.15) is 25.5 Å². The molecule has 140 heavy (non-hydrogen) atoms. The summed E-state index contributed by atoms with van der Waals surface area (Å²) in [6.07, 6.45) is 33.8. The molecule has 15 rings (SSSR count). The van der Waals surface area contributed by atoms with Crippen molar-refractivity contribution in [2.24, 2.45) is 14.1 Å². The number of rotatable bonds is 16. The van der Waals surface area contributed by atoms with Gasteiger partial charge in [0.1, 0.15) is 17.5 Å². The smallest absolute Gasteiger partial charge is 0.247 e. The van der Waals surface area contributed by atoms with Crippen LogP contribution in [0.3, 0.4) is 0 Å². The predicted molar refractivity (Wildman–Crippen MR) is 585 cm³/mol. The Labute approximate surface area is 842 Å². The van der Waals surface area contributed by atoms with E-state index in [1.807, 2.05) is 157 Å². The third-order valence-corrected chi connectivity index (χ3v) is 21.6. The number of imidazole rings is 2. The second-order valence-electron chi connectivity index (χ2n) is 40.2. The zero-order valence-electron chi connectivity index (χ0n) is 92.8. The first-order valence-electron chi connectivity index (χ1n) is 49.9. The molecule has 0 aliphatic heterocycles. The van der Waals surface area contributed by atoms with Crippen molar-refractivity contribution < 1.29 is 4.39 Å². The van der Waals surface area contributed by atoms with Crippen LogP contribution in [-0.2, 0) is 25.9 Å². The van der Waals surface area contributed by atoms with Crippen LogP contribution in [0.15, 0.2) is 205 Å². The van der Waals surface area contributed by atoms with Crippen LogP contribution < -0.4 is 11.1 Å². The van der Waals surface area contributed by atoms with Gasteiger partial charge in [-0.05, 0) is 245 Å². The molecule has 766 valence electrons. The number of H-pyrrole nitrogens is 6. The van der Waals surface area contributed by atoms with Gasteiger partial charge < -0.3 is 19.5 Å². The third kappa shape index (κ3) is 53.1. The van der Waals surface area contributed by atoms with Gasteiger partial charge in [-0.15, -0.1) is 12.8 Å². The molecule has 24 heteroatoms. The van der Waals surface area contributed by atoms with E-state index in [-0.39, 0.29) is 22.4 Å². The quantitative estimate of drug-likeness (QED) is 0.0490. The molecule has 14 heterocycles. The maximum atomic E-state index is 12.3. The normalized spacial score (nSPS) is 11.1. The molecule has 14 aromatic heterocycles. The second-order valence-corrected chi connectivity index (χ2v) is 40.2. The number of pyridine rings is 7. The largest absolute Gasteiger partial charge is 0.346 e. The summed E-state index contributed by atoms with van der Waals surface area (Å²) in [4.78, 5) is 58.6. The molecule has 23 nitrogen and oxygen atoms in total. The van der Waals surface area contributed by atoms with Crippen LogP contribution in [0, 0.1) is 53.3 Å². The molecule has 0 aromatic carbocycles. The second kappa shape index (κ2) is 67.0. The van der Waals surface area contributed by atoms with E-state index in [0.29, 0.717) is 83.0 Å². The van der Waals surface area contributed by atoms with Crippen LogP contribution in [0.2, 0.25) is 0 Å². The Morgan fingerprint density at radius 3 is 1.24 bits per heavy atom. The van der Waals surface area contributed by atoms with E-state index >= 15 is 0 Å². The van der Waals surface area contributed by atoms with Gasteiger partial charge in [0.2, 0.25) is 11.1 Å². The van der Waals surface area contributed by atoms with E-state index < -0.39 is 0 Å². The standard InChI is InChI=1S/C9H14N2.2C9H16N2.2C9H13N.C8H10FN.C8H14N2.2C8H11NO.2C8H11N.3C7H12N2.C2H2/c1-6(2)8-5-9(11-10-8)7-3-4-7;1-7(2)9-5-6-11(10-9)8(3)4;1-5-7-6-8(11-10-7)9(2,3)4;1-7(2)9-5-4-8(3)10-6-9;1-7(2)9-8(3)5-4-6-10-9;1-6(2)8-4-3-7(9)5-10-8;1-6(2)8-5-10(4)7(3)9-8;2*1-6(2)7-3-4-8(10)9-5-7;1-7(2)8-4-3-5-9-6-8;1-7(2)8-5-3-4-6-9-8;1-6(2)7-4-5-9(3)8-7;1-5(2)7-4-8-6(3)9-7;1-5(2)7-4-6(3)8-9-7;1-2/h5-7H,3-4H2,1-2H3,(H,10,11);5-8H,1-4H3;6H,5H2,1-4H3,(H,10,11);2*4-7H,1-3H3;3-6H,1-2H3;5-6H,1-4H3;2*3-6H,1-2H3,(H,9,10);2*3-7H,1-2H3;4-6H,1-3H3;2*4-5H,1-3H3,(H,8,9);1-2H. The molecule has 1 aliphatic carbocycles. The van der Waals surface area contributed by atoms with Gasteiger partial charge in [0.05, 0.1) is 40.4 Å². The van der Waals surface area contributed by atoms with Crippen LogP contribution in [-0.4, -0.2) is 105 Å². The maximum Gasteiger partial charge on any atom is 0.247 e. The van der Waals surface area contributed by atoms with Crippen LogP contribution in [0.25, 0.3) is 0 Å². The molecule has 0 bridgehead atoms. The van der Waals surface area contributed by atoms with Crippen molar-refractivity contribution in [1.82, 2.24) is 105 Å². The molecule has 14 aromatic rings. The lowest BCUT2D eigenvalue weighted by Crippen LogP contribution is -2.11. The molecule has 0 amide bonds. The number of nitrogens with zero attached hydrogens (tertiary/aromatic N) is 15. The number of aromatic amines is 6. The highest BCUT2D eigenvalue weighted by Gasteiger charge is 2.26. The van der Waals surface area contributed by atoms with Crippen LogP contribution in [0.5, 0.6) is 0 Å². The molecular weight excluding hydrogens is 1740 g/mol. The van der Waals surface area contributed by atoms with Crippen LogP contribution in [0.1, 0.15) is 442 Å². The fourth-order valence-corrected chi connectivity index (χ4v) is 11.9. The van der Waals surface area contributed by atoms with Crippen LogP contribution in [0.4, 0.5) is 4.39 Å². The summed E-state index contributed by atoms with van der Waals surface area (Å²) in [5.41, 5.74) is 22.7. The Morgan fingerprint density at radius 1 is 0.436 bits per heavy atom. The third-order valence-electron chi connectivity index (χ3n) is 21.6. The van der Waals surface area contributed by atoms with Crippen molar-refractivity contribution in [3.63, 3.8) is 0 Å². The Bertz CT molecular complexity index is 5250. The van der Waals surface area contributed by atoms with Gasteiger partial charge in [-0.25, -0.2) is 14.4 Å². The van der Waals surface area contributed by atoms with Crippen molar-refractivity contribution in [3.8, 4) is 12.8 Å². The van der Waals surface area contributed by atoms with Crippen molar-refractivity contribution in [2.75, 3.05) is 0 Å². The molecule has 0 unspecified atom stereocenters. The van der Waals surface area contributed by atoms with Crippen molar-refractivity contribution >= 4 is 0 Å². The minimum atomic E-state index is -0.274. The van der Waals surface area contributed by atoms with E-state index in [1.165, 1.54) is 92.8 Å². The fourth-order valence-electron chi connectivity index (χ4n) is 11.9. The summed E-state index contributed by atoms with van der Waals surface area (Å²) in [6.45, 7) is 78.5.